The van der Waals surface area contributed by atoms with Crippen molar-refractivity contribution < 1.29 is 9.72 Å². The molecule has 1 aromatic rings. The number of nitro groups is 1. The van der Waals surface area contributed by atoms with E-state index >= 15 is 0 Å². The molecule has 1 fully saturated rings. The maximum absolute atomic E-state index is 12.1. The minimum absolute atomic E-state index is 0.0515. The highest BCUT2D eigenvalue weighted by atomic mass is 16.6. The van der Waals surface area contributed by atoms with Crippen molar-refractivity contribution in [3.63, 3.8) is 0 Å². The zero-order valence-corrected chi connectivity index (χ0v) is 11.0. The number of benzene rings is 1. The van der Waals surface area contributed by atoms with Gasteiger partial charge in [-0.05, 0) is 24.8 Å². The van der Waals surface area contributed by atoms with Gasteiger partial charge in [-0.25, -0.2) is 0 Å². The van der Waals surface area contributed by atoms with Crippen LogP contribution in [0.1, 0.15) is 43.0 Å². The van der Waals surface area contributed by atoms with Crippen LogP contribution in [0.15, 0.2) is 24.3 Å². The number of hydrogen-bond donors (Lipinski definition) is 1. The maximum atomic E-state index is 12.1. The summed E-state index contributed by atoms with van der Waals surface area (Å²) in [6.45, 7) is 2.14. The Kier molecular flexibility index (Phi) is 4.14. The second kappa shape index (κ2) is 5.82. The van der Waals surface area contributed by atoms with Gasteiger partial charge in [0.25, 0.3) is 11.6 Å². The van der Waals surface area contributed by atoms with Crippen LogP contribution in [-0.2, 0) is 0 Å². The van der Waals surface area contributed by atoms with E-state index in [9.17, 15) is 14.9 Å². The van der Waals surface area contributed by atoms with Crippen molar-refractivity contribution >= 4 is 11.6 Å². The van der Waals surface area contributed by atoms with E-state index in [-0.39, 0.29) is 17.6 Å². The monoisotopic (exact) mass is 262 g/mol. The Hall–Kier alpha value is -1.91. The van der Waals surface area contributed by atoms with Crippen molar-refractivity contribution in [2.45, 2.75) is 38.6 Å². The Morgan fingerprint density at radius 1 is 1.37 bits per heavy atom. The van der Waals surface area contributed by atoms with Gasteiger partial charge in [0.2, 0.25) is 0 Å². The molecule has 0 heterocycles. The topological polar surface area (TPSA) is 72.2 Å². The molecule has 1 amide bonds. The number of amides is 1. The molecule has 0 aromatic heterocycles. The molecule has 0 saturated heterocycles. The molecule has 0 bridgehead atoms. The molecule has 2 unspecified atom stereocenters. The molecule has 102 valence electrons. The third kappa shape index (κ3) is 3.30. The molecule has 19 heavy (non-hydrogen) atoms. The molecule has 2 rings (SSSR count). The highest BCUT2D eigenvalue weighted by Gasteiger charge is 2.23. The molecule has 0 aliphatic heterocycles. The molecule has 1 aliphatic carbocycles. The van der Waals surface area contributed by atoms with Crippen LogP contribution in [0.25, 0.3) is 0 Å². The zero-order valence-electron chi connectivity index (χ0n) is 11.0. The van der Waals surface area contributed by atoms with Crippen molar-refractivity contribution in [1.82, 2.24) is 5.32 Å². The van der Waals surface area contributed by atoms with E-state index in [1.165, 1.54) is 24.6 Å². The van der Waals surface area contributed by atoms with Crippen molar-refractivity contribution in [3.8, 4) is 0 Å². The van der Waals surface area contributed by atoms with Gasteiger partial charge in [-0.15, -0.1) is 0 Å². The lowest BCUT2D eigenvalue weighted by atomic mass is 9.86. The van der Waals surface area contributed by atoms with E-state index in [0.717, 1.165) is 19.3 Å². The first kappa shape index (κ1) is 13.5. The number of nitrogens with zero attached hydrogens (tertiary/aromatic N) is 1. The molecular formula is C14H18N2O3. The largest absolute Gasteiger partial charge is 0.349 e. The van der Waals surface area contributed by atoms with Gasteiger partial charge >= 0.3 is 0 Å². The van der Waals surface area contributed by atoms with E-state index < -0.39 is 4.92 Å². The highest BCUT2D eigenvalue weighted by molar-refractivity contribution is 5.95. The van der Waals surface area contributed by atoms with E-state index in [2.05, 4.69) is 12.2 Å². The fraction of sp³-hybridized carbons (Fsp3) is 0.500. The van der Waals surface area contributed by atoms with Gasteiger partial charge in [-0.3, -0.25) is 14.9 Å². The van der Waals surface area contributed by atoms with E-state index in [1.807, 2.05) is 0 Å². The first-order valence-corrected chi connectivity index (χ1v) is 6.63. The van der Waals surface area contributed by atoms with E-state index in [1.54, 1.807) is 6.07 Å². The summed E-state index contributed by atoms with van der Waals surface area (Å²) in [7, 11) is 0. The number of rotatable bonds is 3. The maximum Gasteiger partial charge on any atom is 0.270 e. The quantitative estimate of drug-likeness (QED) is 0.672. The summed E-state index contributed by atoms with van der Waals surface area (Å²) in [4.78, 5) is 22.3. The molecule has 5 nitrogen and oxygen atoms in total. The molecule has 5 heteroatoms. The molecule has 1 aromatic carbocycles. The SMILES string of the molecule is CC1CCCCC1NC(=O)c1cccc([N+](=O)[O-])c1. The van der Waals surface area contributed by atoms with Crippen LogP contribution in [0, 0.1) is 16.0 Å². The van der Waals surface area contributed by atoms with Gasteiger partial charge < -0.3 is 5.32 Å². The van der Waals surface area contributed by atoms with E-state index in [4.69, 9.17) is 0 Å². The highest BCUT2D eigenvalue weighted by Crippen LogP contribution is 2.24. The first-order valence-electron chi connectivity index (χ1n) is 6.63. The van der Waals surface area contributed by atoms with Crippen molar-refractivity contribution in [2.75, 3.05) is 0 Å². The van der Waals surface area contributed by atoms with E-state index in [0.29, 0.717) is 11.5 Å². The lowest BCUT2D eigenvalue weighted by molar-refractivity contribution is -0.384. The van der Waals surface area contributed by atoms with Gasteiger partial charge in [0.05, 0.1) is 4.92 Å². The number of non-ortho nitro benzene ring substituents is 1. The normalized spacial score (nSPS) is 22.8. The van der Waals surface area contributed by atoms with Gasteiger partial charge in [-0.2, -0.15) is 0 Å². The summed E-state index contributed by atoms with van der Waals surface area (Å²) < 4.78 is 0. The minimum Gasteiger partial charge on any atom is -0.349 e. The summed E-state index contributed by atoms with van der Waals surface area (Å²) in [5.41, 5.74) is 0.302. The number of carbonyl (C=O) groups is 1. The third-order valence-electron chi connectivity index (χ3n) is 3.75. The van der Waals surface area contributed by atoms with Gasteiger partial charge in [0, 0.05) is 23.7 Å². The zero-order chi connectivity index (χ0) is 13.8. The van der Waals surface area contributed by atoms with Crippen molar-refractivity contribution in [3.05, 3.63) is 39.9 Å². The van der Waals surface area contributed by atoms with Crippen LogP contribution < -0.4 is 5.32 Å². The van der Waals surface area contributed by atoms with Crippen LogP contribution in [0.4, 0.5) is 5.69 Å². The Morgan fingerprint density at radius 3 is 2.79 bits per heavy atom. The van der Waals surface area contributed by atoms with Gasteiger partial charge in [0.1, 0.15) is 0 Å². The summed E-state index contributed by atoms with van der Waals surface area (Å²) in [5.74, 6) is 0.249. The lowest BCUT2D eigenvalue weighted by Gasteiger charge is -2.29. The summed E-state index contributed by atoms with van der Waals surface area (Å²) in [5, 5.41) is 13.7. The second-order valence-corrected chi connectivity index (χ2v) is 5.15. The predicted molar refractivity (Wildman–Crippen MR) is 72.0 cm³/mol. The Morgan fingerprint density at radius 2 is 2.11 bits per heavy atom. The van der Waals surface area contributed by atoms with Crippen LogP contribution in [0.3, 0.4) is 0 Å². The van der Waals surface area contributed by atoms with Gasteiger partial charge in [0.15, 0.2) is 0 Å². The summed E-state index contributed by atoms with van der Waals surface area (Å²) in [6, 6.07) is 6.04. The third-order valence-corrected chi connectivity index (χ3v) is 3.75. The molecule has 1 N–H and O–H groups in total. The Bertz CT molecular complexity index is 487. The van der Waals surface area contributed by atoms with Crippen molar-refractivity contribution in [2.24, 2.45) is 5.92 Å². The number of nitro benzene ring substituents is 1. The number of hydrogen-bond acceptors (Lipinski definition) is 3. The average molecular weight is 262 g/mol. The van der Waals surface area contributed by atoms with Crippen LogP contribution in [-0.4, -0.2) is 16.9 Å². The summed E-state index contributed by atoms with van der Waals surface area (Å²) in [6.07, 6.45) is 4.45. The van der Waals surface area contributed by atoms with Crippen LogP contribution in [0.2, 0.25) is 0 Å². The molecule has 1 saturated carbocycles. The molecule has 0 spiro atoms. The second-order valence-electron chi connectivity index (χ2n) is 5.15. The van der Waals surface area contributed by atoms with Crippen LogP contribution >= 0.6 is 0 Å². The minimum atomic E-state index is -0.486. The van der Waals surface area contributed by atoms with Crippen LogP contribution in [0.5, 0.6) is 0 Å². The molecular weight excluding hydrogens is 244 g/mol. The number of carbonyl (C=O) groups excluding carboxylic acids is 1. The standard InChI is InChI=1S/C14H18N2O3/c1-10-5-2-3-8-13(10)15-14(17)11-6-4-7-12(9-11)16(18)19/h4,6-7,9-10,13H,2-3,5,8H2,1H3,(H,15,17). The molecule has 1 aliphatic rings. The molecule has 0 radical (unpaired) electrons. The average Bonchev–Trinajstić information content (AvgIpc) is 2.41. The van der Waals surface area contributed by atoms with Gasteiger partial charge in [-0.1, -0.05) is 25.8 Å². The Labute approximate surface area is 112 Å². The van der Waals surface area contributed by atoms with Crippen molar-refractivity contribution in [1.29, 1.82) is 0 Å². The molecule has 2 atom stereocenters. The smallest absolute Gasteiger partial charge is 0.270 e. The summed E-state index contributed by atoms with van der Waals surface area (Å²) >= 11 is 0. The fourth-order valence-corrected chi connectivity index (χ4v) is 2.54. The number of nitrogens with one attached hydrogen (secondary N) is 1. The fourth-order valence-electron chi connectivity index (χ4n) is 2.54. The lowest BCUT2D eigenvalue weighted by Crippen LogP contribution is -2.41. The first-order chi connectivity index (χ1) is 9.08. The Balaban J connectivity index is 2.07. The predicted octanol–water partition coefficient (Wildman–Crippen LogP) is 2.90.